The molecule has 1 unspecified atom stereocenters. The average molecular weight is 453 g/mol. The third-order valence-corrected chi connectivity index (χ3v) is 5.56. The molecule has 0 spiro atoms. The van der Waals surface area contributed by atoms with Crippen molar-refractivity contribution < 1.29 is 24.5 Å². The molecule has 176 valence electrons. The number of Topliss-reactive ketones (excluding diaryl/α,β-unsaturated/α-hetero) is 1. The molecular formula is C26H32N2O5. The zero-order valence-electron chi connectivity index (χ0n) is 19.8. The number of carbonyl (C=O) groups excluding carboxylic acids is 2. The van der Waals surface area contributed by atoms with E-state index in [4.69, 9.17) is 4.74 Å². The fourth-order valence-electron chi connectivity index (χ4n) is 4.01. The number of phenolic OH excluding ortho intramolecular Hbond substituents is 1. The van der Waals surface area contributed by atoms with E-state index in [2.05, 4.69) is 0 Å². The molecule has 33 heavy (non-hydrogen) atoms. The van der Waals surface area contributed by atoms with Gasteiger partial charge >= 0.3 is 0 Å². The Balaban J connectivity index is 2.07. The predicted octanol–water partition coefficient (Wildman–Crippen LogP) is 3.86. The van der Waals surface area contributed by atoms with E-state index in [0.29, 0.717) is 29.8 Å². The number of ketones is 1. The highest BCUT2D eigenvalue weighted by Gasteiger charge is 2.45. The van der Waals surface area contributed by atoms with Gasteiger partial charge in [0.25, 0.3) is 11.7 Å². The molecule has 7 heteroatoms. The summed E-state index contributed by atoms with van der Waals surface area (Å²) in [6.07, 6.45) is 0.680. The first-order valence-electron chi connectivity index (χ1n) is 11.1. The van der Waals surface area contributed by atoms with Crippen LogP contribution in [0.25, 0.3) is 5.76 Å². The number of aliphatic hydroxyl groups excluding tert-OH is 1. The first-order chi connectivity index (χ1) is 15.6. The van der Waals surface area contributed by atoms with Crippen LogP contribution in [0.4, 0.5) is 0 Å². The van der Waals surface area contributed by atoms with Crippen LogP contribution >= 0.6 is 0 Å². The summed E-state index contributed by atoms with van der Waals surface area (Å²) in [6, 6.07) is 10.8. The van der Waals surface area contributed by atoms with Gasteiger partial charge in [0.2, 0.25) is 0 Å². The van der Waals surface area contributed by atoms with E-state index in [0.717, 1.165) is 12.1 Å². The number of nitrogens with zero attached hydrogens (tertiary/aromatic N) is 2. The lowest BCUT2D eigenvalue weighted by atomic mass is 9.94. The molecule has 2 N–H and O–H groups in total. The molecule has 3 rings (SSSR count). The van der Waals surface area contributed by atoms with Gasteiger partial charge in [0.05, 0.1) is 17.7 Å². The largest absolute Gasteiger partial charge is 0.508 e. The summed E-state index contributed by atoms with van der Waals surface area (Å²) < 4.78 is 5.77. The quantitative estimate of drug-likeness (QED) is 0.359. The van der Waals surface area contributed by atoms with Gasteiger partial charge in [-0.15, -0.1) is 0 Å². The molecule has 7 nitrogen and oxygen atoms in total. The van der Waals surface area contributed by atoms with Gasteiger partial charge in [-0.2, -0.15) is 0 Å². The van der Waals surface area contributed by atoms with Crippen molar-refractivity contribution in [1.82, 2.24) is 9.80 Å². The van der Waals surface area contributed by atoms with Crippen molar-refractivity contribution >= 4 is 17.4 Å². The van der Waals surface area contributed by atoms with E-state index in [1.165, 1.54) is 17.0 Å². The Labute approximate surface area is 194 Å². The van der Waals surface area contributed by atoms with E-state index in [-0.39, 0.29) is 23.2 Å². The minimum atomic E-state index is -0.736. The Hall–Kier alpha value is -3.32. The first-order valence-corrected chi connectivity index (χ1v) is 11.1. The smallest absolute Gasteiger partial charge is 0.295 e. The summed E-state index contributed by atoms with van der Waals surface area (Å²) in [5, 5.41) is 20.9. The van der Waals surface area contributed by atoms with Crippen LogP contribution in [0.2, 0.25) is 0 Å². The molecule has 1 saturated heterocycles. The molecule has 1 atom stereocenters. The molecule has 1 aliphatic rings. The maximum absolute atomic E-state index is 13.1. The number of amides is 1. The number of aromatic hydroxyl groups is 1. The summed E-state index contributed by atoms with van der Waals surface area (Å²) in [5.41, 5.74) is 1.95. The Kier molecular flexibility index (Phi) is 7.43. The van der Waals surface area contributed by atoms with E-state index in [1.54, 1.807) is 30.3 Å². The fraction of sp³-hybridized carbons (Fsp3) is 0.385. The highest BCUT2D eigenvalue weighted by Crippen LogP contribution is 2.40. The number of hydrogen-bond donors (Lipinski definition) is 2. The van der Waals surface area contributed by atoms with Crippen LogP contribution in [0.3, 0.4) is 0 Å². The number of benzene rings is 2. The van der Waals surface area contributed by atoms with Crippen molar-refractivity contribution in [2.45, 2.75) is 39.3 Å². The highest BCUT2D eigenvalue weighted by molar-refractivity contribution is 6.46. The Morgan fingerprint density at radius 1 is 1.12 bits per heavy atom. The predicted molar refractivity (Wildman–Crippen MR) is 127 cm³/mol. The second-order valence-corrected chi connectivity index (χ2v) is 8.89. The van der Waals surface area contributed by atoms with Crippen LogP contribution in [0.5, 0.6) is 11.5 Å². The summed E-state index contributed by atoms with van der Waals surface area (Å²) in [7, 11) is 3.89. The molecular weight excluding hydrogens is 420 g/mol. The van der Waals surface area contributed by atoms with Crippen molar-refractivity contribution in [1.29, 1.82) is 0 Å². The molecule has 0 saturated carbocycles. The highest BCUT2D eigenvalue weighted by atomic mass is 16.5. The maximum Gasteiger partial charge on any atom is 0.295 e. The Bertz CT molecular complexity index is 1060. The maximum atomic E-state index is 13.1. The molecule has 0 aliphatic carbocycles. The fourth-order valence-corrected chi connectivity index (χ4v) is 4.01. The molecule has 1 amide bonds. The van der Waals surface area contributed by atoms with Crippen LogP contribution in [-0.4, -0.2) is 65.0 Å². The Morgan fingerprint density at radius 3 is 2.36 bits per heavy atom. The van der Waals surface area contributed by atoms with Gasteiger partial charge in [-0.3, -0.25) is 9.59 Å². The number of hydrogen-bond acceptors (Lipinski definition) is 6. The zero-order chi connectivity index (χ0) is 24.3. The summed E-state index contributed by atoms with van der Waals surface area (Å²) in [6.45, 7) is 6.85. The minimum absolute atomic E-state index is 0.00475. The lowest BCUT2D eigenvalue weighted by molar-refractivity contribution is -0.139. The molecule has 2 aromatic rings. The van der Waals surface area contributed by atoms with Crippen molar-refractivity contribution in [3.05, 3.63) is 64.7 Å². The number of rotatable bonds is 8. The summed E-state index contributed by atoms with van der Waals surface area (Å²) >= 11 is 0. The number of aliphatic hydroxyl groups is 1. The van der Waals surface area contributed by atoms with Gasteiger partial charge in [0, 0.05) is 12.1 Å². The van der Waals surface area contributed by atoms with Crippen LogP contribution in [0, 0.1) is 6.92 Å². The number of aryl methyl sites for hydroxylation is 1. The number of phenols is 1. The molecule has 0 bridgehead atoms. The van der Waals surface area contributed by atoms with Crippen LogP contribution in [0.1, 0.15) is 43.0 Å². The van der Waals surface area contributed by atoms with Crippen LogP contribution in [-0.2, 0) is 9.59 Å². The van der Waals surface area contributed by atoms with Crippen molar-refractivity contribution in [3.63, 3.8) is 0 Å². The van der Waals surface area contributed by atoms with Crippen molar-refractivity contribution in [2.24, 2.45) is 0 Å². The monoisotopic (exact) mass is 452 g/mol. The third-order valence-electron chi connectivity index (χ3n) is 5.56. The van der Waals surface area contributed by atoms with E-state index >= 15 is 0 Å². The molecule has 2 aromatic carbocycles. The summed E-state index contributed by atoms with van der Waals surface area (Å²) in [4.78, 5) is 29.6. The lowest BCUT2D eigenvalue weighted by Crippen LogP contribution is -2.32. The molecule has 1 aliphatic heterocycles. The van der Waals surface area contributed by atoms with E-state index in [1.807, 2.05) is 39.8 Å². The van der Waals surface area contributed by atoms with Crippen molar-refractivity contribution in [3.8, 4) is 11.5 Å². The van der Waals surface area contributed by atoms with Gasteiger partial charge in [0.15, 0.2) is 0 Å². The minimum Gasteiger partial charge on any atom is -0.508 e. The third kappa shape index (κ3) is 5.37. The van der Waals surface area contributed by atoms with E-state index in [9.17, 15) is 19.8 Å². The van der Waals surface area contributed by atoms with Crippen molar-refractivity contribution in [2.75, 3.05) is 27.2 Å². The lowest BCUT2D eigenvalue weighted by Gasteiger charge is -2.26. The standard InChI is InChI=1S/C26H32N2O5/c1-16(2)33-21-12-9-19(15-17(21)3)24(30)22-23(18-7-10-20(29)11-8-18)28(26(32)25(22)31)14-6-13-27(4)5/h7-12,15-16,23,29-30H,6,13-14H2,1-5H3. The second kappa shape index (κ2) is 10.1. The van der Waals surface area contributed by atoms with Gasteiger partial charge in [-0.25, -0.2) is 0 Å². The van der Waals surface area contributed by atoms with Gasteiger partial charge in [0.1, 0.15) is 17.3 Å². The molecule has 0 aromatic heterocycles. The number of ether oxygens (including phenoxy) is 1. The number of likely N-dealkylation sites (tertiary alicyclic amines) is 1. The van der Waals surface area contributed by atoms with Crippen LogP contribution < -0.4 is 4.74 Å². The van der Waals surface area contributed by atoms with E-state index < -0.39 is 17.7 Å². The number of carbonyl (C=O) groups is 2. The normalized spacial score (nSPS) is 17.9. The first kappa shape index (κ1) is 24.3. The summed E-state index contributed by atoms with van der Waals surface area (Å²) in [5.74, 6) is -0.790. The van der Waals surface area contributed by atoms with Crippen LogP contribution in [0.15, 0.2) is 48.0 Å². The SMILES string of the molecule is Cc1cc(C(O)=C2C(=O)C(=O)N(CCCN(C)C)C2c2ccc(O)cc2)ccc1OC(C)C. The van der Waals surface area contributed by atoms with Gasteiger partial charge in [-0.1, -0.05) is 12.1 Å². The molecule has 1 heterocycles. The van der Waals surface area contributed by atoms with Gasteiger partial charge in [-0.05, 0) is 89.3 Å². The Morgan fingerprint density at radius 2 is 1.79 bits per heavy atom. The molecule has 0 radical (unpaired) electrons. The average Bonchev–Trinajstić information content (AvgIpc) is 2.99. The topological polar surface area (TPSA) is 90.3 Å². The second-order valence-electron chi connectivity index (χ2n) is 8.89. The van der Waals surface area contributed by atoms with Gasteiger partial charge < -0.3 is 24.7 Å². The zero-order valence-corrected chi connectivity index (χ0v) is 19.8. The molecule has 1 fully saturated rings.